The third-order valence-corrected chi connectivity index (χ3v) is 8.76. The Morgan fingerprint density at radius 2 is 1.57 bits per heavy atom. The Morgan fingerprint density at radius 3 is 2.19 bits per heavy atom. The molecule has 3 N–H and O–H groups in total. The Hall–Kier alpha value is -3.43. The molecule has 42 heavy (non-hydrogen) atoms. The lowest BCUT2D eigenvalue weighted by atomic mass is 9.83. The summed E-state index contributed by atoms with van der Waals surface area (Å²) in [5.41, 5.74) is 7.93. The van der Waals surface area contributed by atoms with Gasteiger partial charge in [-0.3, -0.25) is 19.2 Å². The maximum atomic E-state index is 14.2. The van der Waals surface area contributed by atoms with Gasteiger partial charge in [-0.25, -0.2) is 0 Å². The van der Waals surface area contributed by atoms with Crippen molar-refractivity contribution >= 4 is 36.0 Å². The number of hydrogen-bond donors (Lipinski definition) is 2. The van der Waals surface area contributed by atoms with Crippen LogP contribution in [0.2, 0.25) is 0 Å². The highest BCUT2D eigenvalue weighted by atomic mass is 35.5. The minimum absolute atomic E-state index is 0. The molecular weight excluding hydrogens is 554 g/mol. The molecule has 226 valence electrons. The highest BCUT2D eigenvalue weighted by Gasteiger charge is 2.52. The number of carbonyl (C=O) groups excluding carboxylic acids is 4. The number of nitrogens with one attached hydrogen (secondary N) is 1. The van der Waals surface area contributed by atoms with Crippen LogP contribution in [0.4, 0.5) is 0 Å². The predicted octanol–water partition coefficient (Wildman–Crippen LogP) is 2.51. The topological polar surface area (TPSA) is 116 Å². The van der Waals surface area contributed by atoms with Crippen molar-refractivity contribution in [1.82, 2.24) is 20.0 Å². The highest BCUT2D eigenvalue weighted by Crippen LogP contribution is 2.32. The number of halogens is 1. The van der Waals surface area contributed by atoms with Gasteiger partial charge in [0.2, 0.25) is 23.6 Å². The molecule has 0 aromatic heterocycles. The first-order valence-electron chi connectivity index (χ1n) is 14.9. The molecule has 5 rings (SSSR count). The lowest BCUT2D eigenvalue weighted by Crippen LogP contribution is -2.66. The molecule has 0 bridgehead atoms. The van der Waals surface area contributed by atoms with E-state index in [0.717, 1.165) is 43.2 Å². The number of amides is 4. The van der Waals surface area contributed by atoms with E-state index < -0.39 is 24.3 Å². The van der Waals surface area contributed by atoms with Crippen LogP contribution >= 0.6 is 12.4 Å². The first-order valence-corrected chi connectivity index (χ1v) is 14.9. The van der Waals surface area contributed by atoms with Gasteiger partial charge in [-0.05, 0) is 43.2 Å². The molecule has 2 saturated heterocycles. The Bertz CT molecular complexity index is 1240. The number of nitrogens with zero attached hydrogens (tertiary/aromatic N) is 3. The largest absolute Gasteiger partial charge is 0.343 e. The van der Waals surface area contributed by atoms with E-state index in [1.54, 1.807) is 21.6 Å². The highest BCUT2D eigenvalue weighted by molar-refractivity contribution is 5.97. The summed E-state index contributed by atoms with van der Waals surface area (Å²) in [6.07, 6.45) is 5.24. The Kier molecular flexibility index (Phi) is 10.6. The quantitative estimate of drug-likeness (QED) is 0.462. The summed E-state index contributed by atoms with van der Waals surface area (Å²) in [6.45, 7) is 2.23. The first kappa shape index (κ1) is 31.5. The average molecular weight is 596 g/mol. The Balaban J connectivity index is 0.00000405. The first-order chi connectivity index (χ1) is 19.8. The van der Waals surface area contributed by atoms with E-state index in [9.17, 15) is 19.2 Å². The van der Waals surface area contributed by atoms with Crippen molar-refractivity contribution in [2.24, 2.45) is 11.7 Å². The fourth-order valence-corrected chi connectivity index (χ4v) is 6.50. The van der Waals surface area contributed by atoms with Gasteiger partial charge >= 0.3 is 0 Å². The summed E-state index contributed by atoms with van der Waals surface area (Å²) in [7, 11) is 0. The smallest absolute Gasteiger partial charge is 0.247 e. The molecule has 9 nitrogen and oxygen atoms in total. The number of rotatable bonds is 9. The summed E-state index contributed by atoms with van der Waals surface area (Å²) in [5, 5.41) is 2.93. The van der Waals surface area contributed by atoms with E-state index in [1.807, 2.05) is 60.7 Å². The number of fused-ring (bicyclic) bond motifs is 1. The van der Waals surface area contributed by atoms with Gasteiger partial charge in [-0.1, -0.05) is 79.9 Å². The molecule has 10 heteroatoms. The lowest BCUT2D eigenvalue weighted by Gasteiger charge is -2.45. The summed E-state index contributed by atoms with van der Waals surface area (Å²) in [6, 6.07) is 17.5. The van der Waals surface area contributed by atoms with Crippen molar-refractivity contribution in [2.45, 2.75) is 76.2 Å². The predicted molar refractivity (Wildman–Crippen MR) is 162 cm³/mol. The maximum Gasteiger partial charge on any atom is 0.247 e. The number of piperazine rings is 1. The molecule has 3 aliphatic rings. The van der Waals surface area contributed by atoms with Crippen LogP contribution in [0.25, 0.3) is 0 Å². The third kappa shape index (κ3) is 6.95. The summed E-state index contributed by atoms with van der Waals surface area (Å²) in [4.78, 5) is 59.4. The van der Waals surface area contributed by atoms with E-state index >= 15 is 0 Å². The van der Waals surface area contributed by atoms with Gasteiger partial charge in [-0.2, -0.15) is 0 Å². The monoisotopic (exact) mass is 595 g/mol. The molecule has 2 aliphatic heterocycles. The van der Waals surface area contributed by atoms with Crippen molar-refractivity contribution in [3.8, 4) is 0 Å². The van der Waals surface area contributed by atoms with Crippen LogP contribution in [0.15, 0.2) is 60.7 Å². The van der Waals surface area contributed by atoms with Gasteiger partial charge < -0.3 is 25.8 Å². The molecule has 3 fully saturated rings. The summed E-state index contributed by atoms with van der Waals surface area (Å²) in [5.74, 6) is -0.981. The van der Waals surface area contributed by atoms with Gasteiger partial charge in [0.05, 0.1) is 12.6 Å². The SMILES string of the molecule is C[C@H](N)C(=O)N[C@H](C(=O)N1CC(=O)N2[C@@H]1CN(CCc1ccccc1)C(=O)[C@@H]2Cc1ccccc1)C1CCCCC1.Cl. The molecule has 0 radical (unpaired) electrons. The number of carbonyl (C=O) groups is 4. The van der Waals surface area contributed by atoms with Crippen LogP contribution < -0.4 is 11.1 Å². The zero-order chi connectivity index (χ0) is 28.9. The maximum absolute atomic E-state index is 14.2. The van der Waals surface area contributed by atoms with E-state index in [2.05, 4.69) is 5.32 Å². The van der Waals surface area contributed by atoms with Gasteiger partial charge in [0.15, 0.2) is 0 Å². The number of nitrogens with two attached hydrogens (primary N) is 1. The third-order valence-electron chi connectivity index (χ3n) is 8.76. The normalized spacial score (nSPS) is 22.3. The molecule has 1 saturated carbocycles. The molecule has 0 unspecified atom stereocenters. The van der Waals surface area contributed by atoms with E-state index in [4.69, 9.17) is 5.73 Å². The molecule has 1 aliphatic carbocycles. The molecule has 4 atom stereocenters. The van der Waals surface area contributed by atoms with E-state index in [-0.39, 0.29) is 55.0 Å². The Labute approximate surface area is 254 Å². The van der Waals surface area contributed by atoms with Crippen LogP contribution in [0.1, 0.15) is 50.2 Å². The molecule has 0 spiro atoms. The van der Waals surface area contributed by atoms with Crippen LogP contribution in [0.5, 0.6) is 0 Å². The van der Waals surface area contributed by atoms with E-state index in [1.165, 1.54) is 0 Å². The summed E-state index contributed by atoms with van der Waals surface area (Å²) < 4.78 is 0. The van der Waals surface area contributed by atoms with Crippen LogP contribution in [0, 0.1) is 5.92 Å². The van der Waals surface area contributed by atoms with Crippen LogP contribution in [-0.4, -0.2) is 82.3 Å². The zero-order valence-corrected chi connectivity index (χ0v) is 25.0. The second kappa shape index (κ2) is 14.2. The second-order valence-corrected chi connectivity index (χ2v) is 11.6. The standard InChI is InChI=1S/C32H41N5O4.ClH/c1-22(33)30(39)34-29(25-15-9-4-10-16-25)32(41)36-21-28(38)37-26(19-24-13-7-3-8-14-24)31(40)35(20-27(36)37)18-17-23-11-5-2-6-12-23;/h2-3,5-8,11-14,22,25-27,29H,4,9-10,15-21,33H2,1H3,(H,34,39);1H/t22-,26-,27+,29-;/m0./s1. The van der Waals surface area contributed by atoms with E-state index in [0.29, 0.717) is 19.4 Å². The van der Waals surface area contributed by atoms with Gasteiger partial charge in [0.1, 0.15) is 24.8 Å². The van der Waals surface area contributed by atoms with Crippen molar-refractivity contribution in [1.29, 1.82) is 0 Å². The molecule has 2 aromatic rings. The zero-order valence-electron chi connectivity index (χ0n) is 24.2. The molecule has 2 aromatic carbocycles. The number of hydrogen-bond acceptors (Lipinski definition) is 5. The van der Waals surface area contributed by atoms with Crippen molar-refractivity contribution in [2.75, 3.05) is 19.6 Å². The van der Waals surface area contributed by atoms with Crippen LogP contribution in [0.3, 0.4) is 0 Å². The van der Waals surface area contributed by atoms with Gasteiger partial charge in [-0.15, -0.1) is 12.4 Å². The molecule has 2 heterocycles. The number of benzene rings is 2. The van der Waals surface area contributed by atoms with Crippen LogP contribution in [-0.2, 0) is 32.0 Å². The van der Waals surface area contributed by atoms with Gasteiger partial charge in [0.25, 0.3) is 0 Å². The fourth-order valence-electron chi connectivity index (χ4n) is 6.50. The van der Waals surface area contributed by atoms with Crippen molar-refractivity contribution in [3.05, 3.63) is 71.8 Å². The molecule has 4 amide bonds. The Morgan fingerprint density at radius 1 is 0.952 bits per heavy atom. The lowest BCUT2D eigenvalue weighted by molar-refractivity contribution is -0.156. The minimum Gasteiger partial charge on any atom is -0.343 e. The van der Waals surface area contributed by atoms with Gasteiger partial charge in [0, 0.05) is 13.0 Å². The van der Waals surface area contributed by atoms with Crippen molar-refractivity contribution in [3.63, 3.8) is 0 Å². The second-order valence-electron chi connectivity index (χ2n) is 11.6. The minimum atomic E-state index is -0.748. The summed E-state index contributed by atoms with van der Waals surface area (Å²) >= 11 is 0. The van der Waals surface area contributed by atoms with Crippen molar-refractivity contribution < 1.29 is 19.2 Å². The fraction of sp³-hybridized carbons (Fsp3) is 0.500. The average Bonchev–Trinajstić information content (AvgIpc) is 3.33. The molecular formula is C32H42ClN5O4.